The molecule has 6 nitrogen and oxygen atoms in total. The molecule has 0 atom stereocenters. The first kappa shape index (κ1) is 17.6. The Hall–Kier alpha value is -3.22. The number of carbonyl (C=O) groups excluding carboxylic acids is 2. The third-order valence-electron chi connectivity index (χ3n) is 3.82. The lowest BCUT2D eigenvalue weighted by atomic mass is 10.2. The van der Waals surface area contributed by atoms with E-state index in [-0.39, 0.29) is 28.9 Å². The van der Waals surface area contributed by atoms with E-state index in [1.165, 1.54) is 37.6 Å². The molecule has 1 amide bonds. The van der Waals surface area contributed by atoms with Gasteiger partial charge in [-0.15, -0.1) is 0 Å². The maximum absolute atomic E-state index is 13.7. The van der Waals surface area contributed by atoms with E-state index in [9.17, 15) is 14.0 Å². The molecular weight excluding hydrogens is 339 g/mol. The maximum Gasteiger partial charge on any atom is 0.346 e. The molecule has 0 radical (unpaired) electrons. The largest absolute Gasteiger partial charge is 0.493 e. The molecule has 1 fully saturated rings. The summed E-state index contributed by atoms with van der Waals surface area (Å²) in [7, 11) is 1.42. The minimum atomic E-state index is -0.820. The van der Waals surface area contributed by atoms with Crippen LogP contribution < -0.4 is 14.9 Å². The number of benzene rings is 2. The number of amides is 1. The quantitative estimate of drug-likeness (QED) is 0.374. The topological polar surface area (TPSA) is 77.0 Å². The fourth-order valence-electron chi connectivity index (χ4n) is 2.24. The fraction of sp³-hybridized carbons (Fsp3) is 0.211. The Kier molecular flexibility index (Phi) is 5.26. The predicted molar refractivity (Wildman–Crippen MR) is 92.8 cm³/mol. The predicted octanol–water partition coefficient (Wildman–Crippen LogP) is 2.91. The molecular formula is C19H17FN2O4. The molecule has 1 saturated carbocycles. The molecule has 2 aromatic rings. The van der Waals surface area contributed by atoms with Crippen LogP contribution in [0.3, 0.4) is 0 Å². The summed E-state index contributed by atoms with van der Waals surface area (Å²) in [5.41, 5.74) is 2.95. The number of rotatable bonds is 6. The molecule has 0 aliphatic heterocycles. The van der Waals surface area contributed by atoms with Crippen molar-refractivity contribution < 1.29 is 23.5 Å². The molecule has 7 heteroatoms. The van der Waals surface area contributed by atoms with Crippen LogP contribution in [0.4, 0.5) is 4.39 Å². The number of methoxy groups -OCH3 is 1. The Balaban J connectivity index is 1.70. The van der Waals surface area contributed by atoms with E-state index in [4.69, 9.17) is 9.47 Å². The van der Waals surface area contributed by atoms with Crippen LogP contribution in [-0.2, 0) is 4.79 Å². The summed E-state index contributed by atoms with van der Waals surface area (Å²) in [4.78, 5) is 23.6. The third kappa shape index (κ3) is 4.24. The highest BCUT2D eigenvalue weighted by atomic mass is 19.1. The van der Waals surface area contributed by atoms with Crippen LogP contribution in [0.25, 0.3) is 0 Å². The van der Waals surface area contributed by atoms with Crippen molar-refractivity contribution in [1.82, 2.24) is 5.43 Å². The first-order valence-electron chi connectivity index (χ1n) is 8.06. The summed E-state index contributed by atoms with van der Waals surface area (Å²) in [6.45, 7) is 0. The summed E-state index contributed by atoms with van der Waals surface area (Å²) in [6.07, 6.45) is 3.26. The summed E-state index contributed by atoms with van der Waals surface area (Å²) in [6, 6.07) is 10.3. The molecule has 2 aromatic carbocycles. The number of esters is 1. The molecule has 0 unspecified atom stereocenters. The molecule has 0 spiro atoms. The highest BCUT2D eigenvalue weighted by Gasteiger charge is 2.29. The van der Waals surface area contributed by atoms with Crippen molar-refractivity contribution in [3.05, 3.63) is 59.4 Å². The lowest BCUT2D eigenvalue weighted by Crippen LogP contribution is -2.18. The van der Waals surface area contributed by atoms with Crippen molar-refractivity contribution in [3.63, 3.8) is 0 Å². The monoisotopic (exact) mass is 356 g/mol. The van der Waals surface area contributed by atoms with Crippen molar-refractivity contribution >= 4 is 18.1 Å². The second kappa shape index (κ2) is 7.77. The van der Waals surface area contributed by atoms with Crippen LogP contribution in [0.2, 0.25) is 0 Å². The molecule has 1 aliphatic rings. The Morgan fingerprint density at radius 2 is 1.96 bits per heavy atom. The van der Waals surface area contributed by atoms with Gasteiger partial charge in [-0.3, -0.25) is 4.79 Å². The minimum absolute atomic E-state index is 0.0712. The van der Waals surface area contributed by atoms with Crippen molar-refractivity contribution in [2.45, 2.75) is 12.8 Å². The number of nitrogens with one attached hydrogen (secondary N) is 1. The number of hydrogen-bond donors (Lipinski definition) is 1. The van der Waals surface area contributed by atoms with Crippen molar-refractivity contribution in [2.24, 2.45) is 11.0 Å². The zero-order chi connectivity index (χ0) is 18.5. The Labute approximate surface area is 149 Å². The number of carbonyl (C=O) groups is 2. The Morgan fingerprint density at radius 3 is 2.65 bits per heavy atom. The van der Waals surface area contributed by atoms with E-state index >= 15 is 0 Å². The molecule has 3 rings (SSSR count). The van der Waals surface area contributed by atoms with Crippen molar-refractivity contribution in [1.29, 1.82) is 0 Å². The second-order valence-corrected chi connectivity index (χ2v) is 5.79. The van der Waals surface area contributed by atoms with Crippen LogP contribution in [0.1, 0.15) is 28.8 Å². The zero-order valence-electron chi connectivity index (χ0n) is 14.1. The highest BCUT2D eigenvalue weighted by molar-refractivity contribution is 5.92. The van der Waals surface area contributed by atoms with Crippen molar-refractivity contribution in [3.8, 4) is 11.5 Å². The Bertz CT molecular complexity index is 862. The molecule has 1 N–H and O–H groups in total. The molecule has 26 heavy (non-hydrogen) atoms. The molecule has 1 aliphatic carbocycles. The molecule has 134 valence electrons. The summed E-state index contributed by atoms with van der Waals surface area (Å²) in [5, 5.41) is 3.89. The van der Waals surface area contributed by atoms with Gasteiger partial charge in [0, 0.05) is 5.92 Å². The number of nitrogens with zero attached hydrogens (tertiary/aromatic N) is 1. The summed E-state index contributed by atoms with van der Waals surface area (Å²) >= 11 is 0. The lowest BCUT2D eigenvalue weighted by Gasteiger charge is -2.10. The standard InChI is InChI=1S/C19H17FN2O4/c1-25-17-10-12(11-21-22-18(23)13-7-8-13)6-9-16(17)26-19(24)14-4-2-3-5-15(14)20/h2-6,9-11,13H,7-8H2,1H3,(H,22,23)/b21-11+. The van der Waals surface area contributed by atoms with E-state index in [1.54, 1.807) is 18.2 Å². The second-order valence-electron chi connectivity index (χ2n) is 5.79. The van der Waals surface area contributed by atoms with Gasteiger partial charge < -0.3 is 9.47 Å². The van der Waals surface area contributed by atoms with Gasteiger partial charge in [-0.25, -0.2) is 14.6 Å². The van der Waals surface area contributed by atoms with Gasteiger partial charge in [0.2, 0.25) is 5.91 Å². The van der Waals surface area contributed by atoms with Gasteiger partial charge in [0.05, 0.1) is 18.9 Å². The SMILES string of the molecule is COc1cc(/C=N/NC(=O)C2CC2)ccc1OC(=O)c1ccccc1F. The number of hydrazone groups is 1. The fourth-order valence-corrected chi connectivity index (χ4v) is 2.24. The zero-order valence-corrected chi connectivity index (χ0v) is 14.1. The van der Waals surface area contributed by atoms with Gasteiger partial charge >= 0.3 is 5.97 Å². The van der Waals surface area contributed by atoms with Crippen LogP contribution in [0.15, 0.2) is 47.6 Å². The first-order valence-corrected chi connectivity index (χ1v) is 8.06. The molecule has 0 saturated heterocycles. The maximum atomic E-state index is 13.7. The number of hydrogen-bond acceptors (Lipinski definition) is 5. The summed E-state index contributed by atoms with van der Waals surface area (Å²) in [5.74, 6) is -1.07. The molecule has 0 bridgehead atoms. The Morgan fingerprint density at radius 1 is 1.19 bits per heavy atom. The third-order valence-corrected chi connectivity index (χ3v) is 3.82. The average Bonchev–Trinajstić information content (AvgIpc) is 3.48. The van der Waals surface area contributed by atoms with E-state index < -0.39 is 11.8 Å². The molecule has 0 heterocycles. The lowest BCUT2D eigenvalue weighted by molar-refractivity contribution is -0.122. The molecule has 0 aromatic heterocycles. The highest BCUT2D eigenvalue weighted by Crippen LogP contribution is 2.29. The van der Waals surface area contributed by atoms with Gasteiger partial charge in [-0.1, -0.05) is 12.1 Å². The van der Waals surface area contributed by atoms with E-state index in [0.717, 1.165) is 12.8 Å². The van der Waals surface area contributed by atoms with Crippen LogP contribution in [0, 0.1) is 11.7 Å². The van der Waals surface area contributed by atoms with Gasteiger partial charge in [0.25, 0.3) is 0 Å². The number of ether oxygens (including phenoxy) is 2. The van der Waals surface area contributed by atoms with Crippen molar-refractivity contribution in [2.75, 3.05) is 7.11 Å². The van der Waals surface area contributed by atoms with E-state index in [2.05, 4.69) is 10.5 Å². The van der Waals surface area contributed by atoms with Gasteiger partial charge in [0.15, 0.2) is 11.5 Å². The number of halogens is 1. The van der Waals surface area contributed by atoms with Crippen LogP contribution in [0.5, 0.6) is 11.5 Å². The van der Waals surface area contributed by atoms with Crippen LogP contribution in [-0.4, -0.2) is 25.2 Å². The average molecular weight is 356 g/mol. The smallest absolute Gasteiger partial charge is 0.346 e. The van der Waals surface area contributed by atoms with Gasteiger partial charge in [0.1, 0.15) is 5.82 Å². The van der Waals surface area contributed by atoms with Gasteiger partial charge in [-0.05, 0) is 48.7 Å². The first-order chi connectivity index (χ1) is 12.6. The van der Waals surface area contributed by atoms with Crippen LogP contribution >= 0.6 is 0 Å². The normalized spacial score (nSPS) is 13.5. The summed E-state index contributed by atoms with van der Waals surface area (Å²) < 4.78 is 24.1. The minimum Gasteiger partial charge on any atom is -0.493 e. The van der Waals surface area contributed by atoms with E-state index in [1.807, 2.05) is 0 Å². The van der Waals surface area contributed by atoms with E-state index in [0.29, 0.717) is 5.56 Å². The van der Waals surface area contributed by atoms with Gasteiger partial charge in [-0.2, -0.15) is 5.10 Å².